The zero-order valence-corrected chi connectivity index (χ0v) is 44.1. The van der Waals surface area contributed by atoms with Gasteiger partial charge in [0.15, 0.2) is 22.4 Å². The van der Waals surface area contributed by atoms with Crippen LogP contribution in [0.3, 0.4) is 0 Å². The van der Waals surface area contributed by atoms with Crippen LogP contribution in [0.1, 0.15) is 204 Å². The fourth-order valence-corrected chi connectivity index (χ4v) is 9.87. The first kappa shape index (κ1) is 61.1. The van der Waals surface area contributed by atoms with Gasteiger partial charge in [-0.25, -0.2) is 9.69 Å². The second-order valence-corrected chi connectivity index (χ2v) is 30.8. The summed E-state index contributed by atoms with van der Waals surface area (Å²) in [5, 5.41) is 20.4. The highest BCUT2D eigenvalue weighted by atomic mass is 28.4. The molecule has 0 saturated carbocycles. The molecule has 1 heterocycles. The molecular formula is C52H99NO8Si2. The third-order valence-electron chi connectivity index (χ3n) is 13.5. The highest BCUT2D eigenvalue weighted by Gasteiger charge is 2.45. The van der Waals surface area contributed by atoms with Gasteiger partial charge in [-0.2, -0.15) is 0 Å². The lowest BCUT2D eigenvalue weighted by atomic mass is 10.0. The van der Waals surface area contributed by atoms with Crippen LogP contribution in [0.25, 0.3) is 0 Å². The highest BCUT2D eigenvalue weighted by molar-refractivity contribution is 6.74. The number of unbranched alkanes of at least 4 members (excludes halogenated alkanes) is 10. The molecule has 0 bridgehead atoms. The van der Waals surface area contributed by atoms with E-state index in [4.69, 9.17) is 13.6 Å². The third kappa shape index (κ3) is 24.4. The highest BCUT2D eigenvalue weighted by Crippen LogP contribution is 2.39. The maximum absolute atomic E-state index is 13.8. The smallest absolute Gasteiger partial charge is 0.417 e. The molecular weight excluding hydrogens is 823 g/mol. The number of hydrogen-bond acceptors (Lipinski definition) is 8. The van der Waals surface area contributed by atoms with Gasteiger partial charge in [-0.1, -0.05) is 183 Å². The number of nitrogens with zero attached hydrogens (tertiary/aromatic N) is 1. The number of aliphatic hydroxyl groups is 2. The van der Waals surface area contributed by atoms with Gasteiger partial charge in [0.25, 0.3) is 5.91 Å². The molecule has 1 aromatic rings. The number of benzene rings is 1. The molecule has 5 atom stereocenters. The Hall–Kier alpha value is -1.90. The number of cyclic esters (lactones) is 1. The Morgan fingerprint density at radius 1 is 0.667 bits per heavy atom. The van der Waals surface area contributed by atoms with E-state index in [1.54, 1.807) is 6.92 Å². The van der Waals surface area contributed by atoms with E-state index in [9.17, 15) is 24.6 Å². The fraction of sp³-hybridized carbons (Fsp3) is 0.827. The zero-order valence-electron chi connectivity index (χ0n) is 42.1. The van der Waals surface area contributed by atoms with Crippen molar-refractivity contribution in [3.8, 4) is 0 Å². The third-order valence-corrected chi connectivity index (χ3v) is 22.5. The van der Waals surface area contributed by atoms with E-state index in [1.807, 2.05) is 30.3 Å². The van der Waals surface area contributed by atoms with Crippen molar-refractivity contribution in [1.29, 1.82) is 0 Å². The molecule has 0 radical (unpaired) electrons. The maximum Gasteiger partial charge on any atom is 0.417 e. The molecule has 0 aromatic heterocycles. The van der Waals surface area contributed by atoms with Gasteiger partial charge in [0, 0.05) is 0 Å². The van der Waals surface area contributed by atoms with Crippen LogP contribution in [0.5, 0.6) is 0 Å². The molecule has 368 valence electrons. The minimum absolute atomic E-state index is 0. The Morgan fingerprint density at radius 3 is 1.44 bits per heavy atom. The average Bonchev–Trinajstić information content (AvgIpc) is 3.55. The van der Waals surface area contributed by atoms with Crippen molar-refractivity contribution in [3.05, 3.63) is 35.9 Å². The lowest BCUT2D eigenvalue weighted by molar-refractivity contribution is -0.137. The molecule has 0 spiro atoms. The summed E-state index contributed by atoms with van der Waals surface area (Å²) in [6, 6.07) is 9.57. The van der Waals surface area contributed by atoms with Crippen LogP contribution in [0, 0.1) is 0 Å². The van der Waals surface area contributed by atoms with Crippen molar-refractivity contribution in [3.63, 3.8) is 0 Å². The normalized spacial score (nSPS) is 16.7. The van der Waals surface area contributed by atoms with Crippen molar-refractivity contribution in [2.75, 3.05) is 6.61 Å². The minimum atomic E-state index is -2.25. The first-order valence-electron chi connectivity index (χ1n) is 24.7. The van der Waals surface area contributed by atoms with Crippen LogP contribution in [-0.4, -0.2) is 86.6 Å². The van der Waals surface area contributed by atoms with Gasteiger partial charge in [-0.3, -0.25) is 9.59 Å². The summed E-state index contributed by atoms with van der Waals surface area (Å²) >= 11 is 0. The van der Waals surface area contributed by atoms with Gasteiger partial charge in [0.2, 0.25) is 0 Å². The molecule has 2 N–H and O–H groups in total. The lowest BCUT2D eigenvalue weighted by Gasteiger charge is -2.39. The molecule has 1 fully saturated rings. The van der Waals surface area contributed by atoms with Gasteiger partial charge in [0.1, 0.15) is 18.8 Å². The molecule has 2 rings (SSSR count). The molecule has 2 amide bonds. The molecule has 9 nitrogen and oxygen atoms in total. The van der Waals surface area contributed by atoms with Crippen LogP contribution in [0.4, 0.5) is 4.79 Å². The van der Waals surface area contributed by atoms with Crippen LogP contribution in [-0.2, 0) is 29.6 Å². The quantitative estimate of drug-likeness (QED) is 0.0578. The van der Waals surface area contributed by atoms with E-state index in [0.717, 1.165) is 89.0 Å². The Morgan fingerprint density at radius 2 is 1.05 bits per heavy atom. The number of amides is 2. The van der Waals surface area contributed by atoms with Gasteiger partial charge >= 0.3 is 6.09 Å². The first-order valence-corrected chi connectivity index (χ1v) is 30.5. The summed E-state index contributed by atoms with van der Waals surface area (Å²) in [7, 11) is -4.15. The fourth-order valence-electron chi connectivity index (χ4n) is 7.24. The van der Waals surface area contributed by atoms with Gasteiger partial charge in [-0.15, -0.1) is 0 Å². The van der Waals surface area contributed by atoms with Crippen molar-refractivity contribution in [1.82, 2.24) is 4.90 Å². The summed E-state index contributed by atoms with van der Waals surface area (Å²) in [4.78, 5) is 39.7. The maximum atomic E-state index is 13.8. The van der Waals surface area contributed by atoms with Gasteiger partial charge < -0.3 is 23.8 Å². The Labute approximate surface area is 389 Å². The number of Topliss-reactive ketones (excluding diaryl/α,β-unsaturated/α-hetero) is 1. The summed E-state index contributed by atoms with van der Waals surface area (Å²) in [6.07, 6.45) is 18.9. The van der Waals surface area contributed by atoms with Gasteiger partial charge in [0.05, 0.1) is 18.2 Å². The average molecular weight is 923 g/mol. The number of aliphatic hydroxyl groups excluding tert-OH is 2. The van der Waals surface area contributed by atoms with E-state index in [2.05, 4.69) is 81.6 Å². The molecule has 63 heavy (non-hydrogen) atoms. The topological polar surface area (TPSA) is 123 Å². The second kappa shape index (κ2) is 31.1. The molecule has 1 aliphatic heterocycles. The van der Waals surface area contributed by atoms with Crippen LogP contribution in [0.15, 0.2) is 30.3 Å². The van der Waals surface area contributed by atoms with Crippen molar-refractivity contribution < 1.29 is 38.2 Å². The van der Waals surface area contributed by atoms with Crippen molar-refractivity contribution >= 4 is 34.4 Å². The van der Waals surface area contributed by atoms with E-state index in [1.165, 1.54) is 43.4 Å². The number of carbonyl (C=O) groups excluding carboxylic acids is 3. The van der Waals surface area contributed by atoms with E-state index >= 15 is 0 Å². The van der Waals surface area contributed by atoms with Crippen LogP contribution < -0.4 is 0 Å². The number of rotatable bonds is 30. The summed E-state index contributed by atoms with van der Waals surface area (Å²) in [6.45, 7) is 28.1. The molecule has 1 aliphatic rings. The number of imide groups is 1. The lowest BCUT2D eigenvalue weighted by Crippen LogP contribution is -2.52. The van der Waals surface area contributed by atoms with E-state index in [0.29, 0.717) is 12.8 Å². The predicted octanol–water partition coefficient (Wildman–Crippen LogP) is 14.1. The standard InChI is InChI=1S/C30H51NO5Si.C21H44O3Si.CH4/c1-7-8-9-14-19-26(32)20-15-11-16-21-27(36-37(5,6)30(2,3)4)28(33)31-25(23-35-29(31)34)22-24-17-12-10-13-18-24;1-8-9-10-12-15-19(23)16-13-11-14-17-20(18(2)22)24-25(6,7)21(3,4)5;/h10,12-13,17-18,25-27,32H,7-9,11,14-16,19-23H2,1-6H3;19-20,23H,8-17H2,1-7H3;1H4/t25-,26-,27-;19-,20-;/m11./s1. The number of ether oxygens (including phenoxy) is 1. The summed E-state index contributed by atoms with van der Waals surface area (Å²) in [5.41, 5.74) is 1.07. The molecule has 1 aromatic carbocycles. The molecule has 11 heteroatoms. The number of hydrogen-bond donors (Lipinski definition) is 2. The Bertz CT molecular complexity index is 1380. The SMILES string of the molecule is C.CCCCCC[C@@H](O)CCCCC[C@@H](O[Si](C)(C)C(C)(C)C)C(=O)N1C(=O)OC[C@H]1Cc1ccccc1.CCCCCC[C@@H](O)CCCCC[C@@H](O[Si](C)(C)C(C)(C)C)C(C)=O. The molecule has 0 aliphatic carbocycles. The van der Waals surface area contributed by atoms with E-state index in [-0.39, 0.29) is 60.2 Å². The van der Waals surface area contributed by atoms with E-state index < -0.39 is 28.8 Å². The summed E-state index contributed by atoms with van der Waals surface area (Å²) < 4.78 is 18.3. The molecule has 0 unspecified atom stereocenters. The minimum Gasteiger partial charge on any atom is -0.447 e. The van der Waals surface area contributed by atoms with Crippen LogP contribution >= 0.6 is 0 Å². The second-order valence-electron chi connectivity index (χ2n) is 21.3. The van der Waals surface area contributed by atoms with Gasteiger partial charge in [-0.05, 0) is 93.7 Å². The number of ketones is 1. The van der Waals surface area contributed by atoms with Crippen molar-refractivity contribution in [2.45, 2.75) is 271 Å². The predicted molar refractivity (Wildman–Crippen MR) is 269 cm³/mol. The Balaban J connectivity index is 0.00000130. The zero-order chi connectivity index (χ0) is 47.0. The summed E-state index contributed by atoms with van der Waals surface area (Å²) in [5.74, 6) is -0.120. The molecule has 1 saturated heterocycles. The largest absolute Gasteiger partial charge is 0.447 e. The van der Waals surface area contributed by atoms with Crippen LogP contribution in [0.2, 0.25) is 36.3 Å². The Kier molecular flexibility index (Phi) is 30.2. The number of carbonyl (C=O) groups is 3. The monoisotopic (exact) mass is 922 g/mol. The first-order chi connectivity index (χ1) is 29.0. The van der Waals surface area contributed by atoms with Crippen molar-refractivity contribution in [2.24, 2.45) is 0 Å².